The third-order valence-corrected chi connectivity index (χ3v) is 5.15. The Labute approximate surface area is 131 Å². The van der Waals surface area contributed by atoms with Crippen LogP contribution in [0.25, 0.3) is 0 Å². The van der Waals surface area contributed by atoms with Crippen molar-refractivity contribution in [2.45, 2.75) is 38.4 Å². The zero-order valence-corrected chi connectivity index (χ0v) is 13.3. The van der Waals surface area contributed by atoms with E-state index in [1.807, 2.05) is 0 Å². The first-order valence-corrected chi connectivity index (χ1v) is 8.02. The molecule has 7 heteroatoms. The van der Waals surface area contributed by atoms with Crippen LogP contribution >= 0.6 is 23.4 Å². The number of amidine groups is 1. The Kier molecular flexibility index (Phi) is 4.78. The van der Waals surface area contributed by atoms with Crippen molar-refractivity contribution in [2.75, 3.05) is 11.1 Å². The van der Waals surface area contributed by atoms with Crippen LogP contribution in [-0.4, -0.2) is 16.5 Å². The van der Waals surface area contributed by atoms with Crippen molar-refractivity contribution in [1.29, 1.82) is 0 Å². The first-order valence-electron chi connectivity index (χ1n) is 6.66. The molecule has 0 spiro atoms. The first kappa shape index (κ1) is 16.5. The molecule has 2 rings (SSSR count). The summed E-state index contributed by atoms with van der Waals surface area (Å²) >= 11 is 7.48. The molecule has 0 bridgehead atoms. The quantitative estimate of drug-likeness (QED) is 0.795. The van der Waals surface area contributed by atoms with E-state index in [2.05, 4.69) is 24.2 Å². The molecular weight excluding hydrogens is 321 g/mol. The number of thioether (sulfide) groups is 1. The highest BCUT2D eigenvalue weighted by atomic mass is 35.5. The van der Waals surface area contributed by atoms with Gasteiger partial charge < -0.3 is 5.32 Å². The topological polar surface area (TPSA) is 24.4 Å². The van der Waals surface area contributed by atoms with Crippen molar-refractivity contribution in [3.05, 3.63) is 28.8 Å². The summed E-state index contributed by atoms with van der Waals surface area (Å²) in [6, 6.07) is 3.24. The minimum atomic E-state index is -4.39. The van der Waals surface area contributed by atoms with E-state index in [0.29, 0.717) is 5.17 Å². The molecule has 1 aliphatic rings. The Hall–Kier alpha value is -0.880. The maximum atomic E-state index is 12.7. The van der Waals surface area contributed by atoms with Crippen molar-refractivity contribution in [2.24, 2.45) is 4.99 Å². The average molecular weight is 337 g/mol. The van der Waals surface area contributed by atoms with E-state index in [0.717, 1.165) is 30.7 Å². The standard InChI is InChI=1S/C14H16ClF3N2S/c1-3-13(4-2)8-21-12(20-13)19-11-7-9(14(16,17)18)5-6-10(11)15/h5-7H,3-4,8H2,1-2H3,(H,19,20). The predicted molar refractivity (Wildman–Crippen MR) is 83.3 cm³/mol. The third-order valence-electron chi connectivity index (χ3n) is 3.67. The fourth-order valence-corrected chi connectivity index (χ4v) is 3.55. The van der Waals surface area contributed by atoms with Gasteiger partial charge in [0.15, 0.2) is 5.17 Å². The lowest BCUT2D eigenvalue weighted by Gasteiger charge is -2.20. The highest BCUT2D eigenvalue weighted by Gasteiger charge is 2.33. The summed E-state index contributed by atoms with van der Waals surface area (Å²) in [6.07, 6.45) is -2.59. The number of hydrogen-bond acceptors (Lipinski definition) is 3. The second kappa shape index (κ2) is 6.08. The summed E-state index contributed by atoms with van der Waals surface area (Å²) in [5, 5.41) is 3.80. The van der Waals surface area contributed by atoms with Crippen molar-refractivity contribution in [3.63, 3.8) is 0 Å². The van der Waals surface area contributed by atoms with Gasteiger partial charge in [0.1, 0.15) is 0 Å². The number of nitrogens with zero attached hydrogens (tertiary/aromatic N) is 1. The first-order chi connectivity index (χ1) is 9.79. The molecule has 0 aromatic heterocycles. The Balaban J connectivity index is 2.25. The fraction of sp³-hybridized carbons (Fsp3) is 0.500. The largest absolute Gasteiger partial charge is 0.416 e. The highest BCUT2D eigenvalue weighted by Crippen LogP contribution is 2.37. The van der Waals surface area contributed by atoms with Gasteiger partial charge in [0.05, 0.1) is 21.8 Å². The van der Waals surface area contributed by atoms with Gasteiger partial charge in [-0.25, -0.2) is 0 Å². The predicted octanol–water partition coefficient (Wildman–Crippen LogP) is 5.43. The average Bonchev–Trinajstić information content (AvgIpc) is 2.84. The van der Waals surface area contributed by atoms with Crippen molar-refractivity contribution >= 4 is 34.2 Å². The zero-order valence-electron chi connectivity index (χ0n) is 11.7. The van der Waals surface area contributed by atoms with Gasteiger partial charge in [0, 0.05) is 5.75 Å². The molecule has 0 fully saturated rings. The molecule has 21 heavy (non-hydrogen) atoms. The van der Waals surface area contributed by atoms with Crippen molar-refractivity contribution < 1.29 is 13.2 Å². The van der Waals surface area contributed by atoms with Crippen LogP contribution in [0.3, 0.4) is 0 Å². The van der Waals surface area contributed by atoms with Crippen LogP contribution < -0.4 is 5.32 Å². The minimum Gasteiger partial charge on any atom is -0.334 e. The van der Waals surface area contributed by atoms with Crippen LogP contribution in [-0.2, 0) is 6.18 Å². The van der Waals surface area contributed by atoms with Gasteiger partial charge in [-0.1, -0.05) is 37.2 Å². The van der Waals surface area contributed by atoms with Gasteiger partial charge in [-0.3, -0.25) is 4.99 Å². The van der Waals surface area contributed by atoms with Crippen LogP contribution in [0, 0.1) is 0 Å². The molecule has 1 heterocycles. The van der Waals surface area contributed by atoms with E-state index in [1.165, 1.54) is 17.8 Å². The molecular formula is C14H16ClF3N2S. The number of anilines is 1. The molecule has 1 aromatic rings. The third kappa shape index (κ3) is 3.66. The number of aliphatic imine (C=N–C) groups is 1. The molecule has 0 unspecified atom stereocenters. The van der Waals surface area contributed by atoms with Gasteiger partial charge >= 0.3 is 6.18 Å². The van der Waals surface area contributed by atoms with Crippen LogP contribution in [0.1, 0.15) is 32.3 Å². The summed E-state index contributed by atoms with van der Waals surface area (Å²) in [4.78, 5) is 4.61. The summed E-state index contributed by atoms with van der Waals surface area (Å²) in [5.74, 6) is 0.832. The van der Waals surface area contributed by atoms with E-state index in [-0.39, 0.29) is 16.2 Å². The normalized spacial score (nSPS) is 17.7. The summed E-state index contributed by atoms with van der Waals surface area (Å²) in [7, 11) is 0. The van der Waals surface area contributed by atoms with Crippen LogP contribution in [0.15, 0.2) is 23.2 Å². The van der Waals surface area contributed by atoms with Gasteiger partial charge in [-0.2, -0.15) is 13.2 Å². The summed E-state index contributed by atoms with van der Waals surface area (Å²) in [5.41, 5.74) is -0.614. The van der Waals surface area contributed by atoms with Gasteiger partial charge in [0.25, 0.3) is 0 Å². The lowest BCUT2D eigenvalue weighted by Crippen LogP contribution is -2.24. The van der Waals surface area contributed by atoms with E-state index in [4.69, 9.17) is 11.6 Å². The van der Waals surface area contributed by atoms with Gasteiger partial charge in [-0.15, -0.1) is 0 Å². The summed E-state index contributed by atoms with van der Waals surface area (Å²) < 4.78 is 38.2. The number of benzene rings is 1. The molecule has 1 aliphatic heterocycles. The molecule has 0 atom stereocenters. The molecule has 2 nitrogen and oxygen atoms in total. The SMILES string of the molecule is CCC1(CC)CSC(Nc2cc(C(F)(F)F)ccc2Cl)=N1. The van der Waals surface area contributed by atoms with Gasteiger partial charge in [0.2, 0.25) is 0 Å². The van der Waals surface area contributed by atoms with Crippen molar-refractivity contribution in [1.82, 2.24) is 0 Å². The fourth-order valence-electron chi connectivity index (χ4n) is 2.07. The molecule has 116 valence electrons. The molecule has 0 amide bonds. The Morgan fingerprint density at radius 3 is 2.52 bits per heavy atom. The molecule has 0 saturated heterocycles. The van der Waals surface area contributed by atoms with Crippen LogP contribution in [0.2, 0.25) is 5.02 Å². The molecule has 1 aromatic carbocycles. The molecule has 0 aliphatic carbocycles. The zero-order chi connectivity index (χ0) is 15.7. The molecule has 0 radical (unpaired) electrons. The Morgan fingerprint density at radius 1 is 1.33 bits per heavy atom. The number of nitrogens with one attached hydrogen (secondary N) is 1. The smallest absolute Gasteiger partial charge is 0.334 e. The number of hydrogen-bond donors (Lipinski definition) is 1. The lowest BCUT2D eigenvalue weighted by atomic mass is 9.97. The number of alkyl halides is 3. The van der Waals surface area contributed by atoms with Crippen molar-refractivity contribution in [3.8, 4) is 0 Å². The second-order valence-electron chi connectivity index (χ2n) is 4.95. The monoisotopic (exact) mass is 336 g/mol. The lowest BCUT2D eigenvalue weighted by molar-refractivity contribution is -0.137. The summed E-state index contributed by atoms with van der Waals surface area (Å²) in [6.45, 7) is 4.13. The Morgan fingerprint density at radius 2 is 2.00 bits per heavy atom. The highest BCUT2D eigenvalue weighted by molar-refractivity contribution is 8.14. The van der Waals surface area contributed by atoms with Gasteiger partial charge in [-0.05, 0) is 31.0 Å². The van der Waals surface area contributed by atoms with E-state index < -0.39 is 11.7 Å². The number of halogens is 4. The maximum Gasteiger partial charge on any atom is 0.416 e. The minimum absolute atomic E-state index is 0.124. The van der Waals surface area contributed by atoms with E-state index in [1.54, 1.807) is 0 Å². The Bertz CT molecular complexity index is 554. The molecule has 0 saturated carbocycles. The maximum absolute atomic E-state index is 12.7. The van der Waals surface area contributed by atoms with E-state index >= 15 is 0 Å². The van der Waals surface area contributed by atoms with Crippen LogP contribution in [0.5, 0.6) is 0 Å². The van der Waals surface area contributed by atoms with E-state index in [9.17, 15) is 13.2 Å². The van der Waals surface area contributed by atoms with Crippen LogP contribution in [0.4, 0.5) is 18.9 Å². The second-order valence-corrected chi connectivity index (χ2v) is 6.33. The number of rotatable bonds is 3. The molecule has 1 N–H and O–H groups in total.